The number of hydrogen-bond donors (Lipinski definition) is 1. The van der Waals surface area contributed by atoms with E-state index in [-0.39, 0.29) is 12.4 Å². The molecule has 0 radical (unpaired) electrons. The van der Waals surface area contributed by atoms with Gasteiger partial charge in [0.2, 0.25) is 0 Å². The zero-order chi connectivity index (χ0) is 15.1. The van der Waals surface area contributed by atoms with Crippen molar-refractivity contribution in [2.24, 2.45) is 0 Å². The van der Waals surface area contributed by atoms with Crippen LogP contribution in [0.5, 0.6) is 11.5 Å². The summed E-state index contributed by atoms with van der Waals surface area (Å²) in [5.74, 6) is 1.53. The van der Waals surface area contributed by atoms with Crippen molar-refractivity contribution < 1.29 is 21.9 Å². The zero-order valence-electron chi connectivity index (χ0n) is 12.7. The Hall–Kier alpha value is -1.42. The molecule has 3 nitrogen and oxygen atoms in total. The fraction of sp³-hybridized carbons (Fsp3) is 0.294. The Kier molecular flexibility index (Phi) is 8.10. The first kappa shape index (κ1) is 18.6. The molecule has 2 rings (SSSR count). The van der Waals surface area contributed by atoms with Crippen LogP contribution in [0.15, 0.2) is 42.5 Å². The average molecular weight is 341 g/mol. The van der Waals surface area contributed by atoms with Gasteiger partial charge in [0.15, 0.2) is 11.5 Å². The van der Waals surface area contributed by atoms with Gasteiger partial charge in [0.05, 0.1) is 14.2 Å². The maximum Gasteiger partial charge on any atom is 0.160 e. The van der Waals surface area contributed by atoms with Gasteiger partial charge in [-0.05, 0) is 48.4 Å². The van der Waals surface area contributed by atoms with Crippen molar-refractivity contribution in [2.45, 2.75) is 13.0 Å². The molecule has 0 aliphatic heterocycles. The van der Waals surface area contributed by atoms with E-state index in [0.717, 1.165) is 36.0 Å². The Morgan fingerprint density at radius 2 is 1.73 bits per heavy atom. The van der Waals surface area contributed by atoms with Gasteiger partial charge >= 0.3 is 0 Å². The van der Waals surface area contributed by atoms with Crippen LogP contribution >= 0.6 is 11.6 Å². The summed E-state index contributed by atoms with van der Waals surface area (Å²) in [4.78, 5) is 0. The molecular weight excluding hydrogens is 321 g/mol. The second kappa shape index (κ2) is 9.57. The Morgan fingerprint density at radius 1 is 0.955 bits per heavy atom. The second-order valence-corrected chi connectivity index (χ2v) is 5.18. The third-order valence-electron chi connectivity index (χ3n) is 3.26. The number of ether oxygens (including phenoxy) is 2. The summed E-state index contributed by atoms with van der Waals surface area (Å²) < 4.78 is 10.5. The molecule has 0 atom stereocenters. The molecule has 0 saturated carbocycles. The Labute approximate surface area is 143 Å². The van der Waals surface area contributed by atoms with Gasteiger partial charge in [-0.3, -0.25) is 0 Å². The highest BCUT2D eigenvalue weighted by Gasteiger charge is 2.04. The molecule has 0 heterocycles. The molecule has 1 N–H and O–H groups in total. The van der Waals surface area contributed by atoms with Crippen molar-refractivity contribution in [1.82, 2.24) is 5.32 Å². The van der Waals surface area contributed by atoms with Crippen molar-refractivity contribution in [2.75, 3.05) is 20.8 Å². The van der Waals surface area contributed by atoms with Gasteiger partial charge in [-0.1, -0.05) is 29.8 Å². The van der Waals surface area contributed by atoms with E-state index in [4.69, 9.17) is 21.1 Å². The molecule has 0 unspecified atom stereocenters. The summed E-state index contributed by atoms with van der Waals surface area (Å²) in [5.41, 5.74) is 2.40. The standard InChI is InChI=1S/C17H20ClNO2.ClH/c1-20-16-7-6-13(11-17(16)21-2)8-9-19-12-14-4-3-5-15(18)10-14;/h3-7,10-11,19H,8-9,12H2,1-2H3;1H/p-1. The van der Waals surface area contributed by atoms with Gasteiger partial charge in [-0.25, -0.2) is 0 Å². The van der Waals surface area contributed by atoms with E-state index in [2.05, 4.69) is 17.4 Å². The largest absolute Gasteiger partial charge is 1.00 e. The second-order valence-electron chi connectivity index (χ2n) is 4.75. The molecule has 5 heteroatoms. The molecular formula is C17H20Cl2NO2-. The van der Waals surface area contributed by atoms with E-state index in [0.29, 0.717) is 0 Å². The highest BCUT2D eigenvalue weighted by atomic mass is 35.5. The third kappa shape index (κ3) is 5.41. The number of rotatable bonds is 7. The predicted molar refractivity (Wildman–Crippen MR) is 86.4 cm³/mol. The van der Waals surface area contributed by atoms with Crippen LogP contribution in [0.1, 0.15) is 11.1 Å². The summed E-state index contributed by atoms with van der Waals surface area (Å²) in [5, 5.41) is 4.19. The molecule has 0 bridgehead atoms. The number of benzene rings is 2. The first-order chi connectivity index (χ1) is 10.2. The molecule has 120 valence electrons. The van der Waals surface area contributed by atoms with Crippen LogP contribution in [-0.2, 0) is 13.0 Å². The molecule has 0 aromatic heterocycles. The first-order valence-corrected chi connectivity index (χ1v) is 7.27. The lowest BCUT2D eigenvalue weighted by Crippen LogP contribution is -3.00. The molecule has 0 aliphatic carbocycles. The summed E-state index contributed by atoms with van der Waals surface area (Å²) in [6.07, 6.45) is 0.931. The van der Waals surface area contributed by atoms with Crippen molar-refractivity contribution in [1.29, 1.82) is 0 Å². The minimum absolute atomic E-state index is 0. The molecule has 2 aromatic rings. The van der Waals surface area contributed by atoms with E-state index in [1.807, 2.05) is 30.3 Å². The maximum absolute atomic E-state index is 5.96. The van der Waals surface area contributed by atoms with Gasteiger partial charge in [-0.15, -0.1) is 0 Å². The van der Waals surface area contributed by atoms with Crippen LogP contribution < -0.4 is 27.2 Å². The van der Waals surface area contributed by atoms with E-state index in [1.165, 1.54) is 11.1 Å². The highest BCUT2D eigenvalue weighted by Crippen LogP contribution is 2.27. The smallest absolute Gasteiger partial charge is 0.160 e. The van der Waals surface area contributed by atoms with Crippen molar-refractivity contribution in [3.8, 4) is 11.5 Å². The lowest BCUT2D eigenvalue weighted by Gasteiger charge is -2.10. The summed E-state index contributed by atoms with van der Waals surface area (Å²) >= 11 is 5.96. The van der Waals surface area contributed by atoms with Gasteiger partial charge < -0.3 is 27.2 Å². The van der Waals surface area contributed by atoms with E-state index in [9.17, 15) is 0 Å². The molecule has 22 heavy (non-hydrogen) atoms. The molecule has 0 fully saturated rings. The summed E-state index contributed by atoms with van der Waals surface area (Å²) in [7, 11) is 3.29. The topological polar surface area (TPSA) is 30.5 Å². The van der Waals surface area contributed by atoms with Crippen LogP contribution in [0.25, 0.3) is 0 Å². The quantitative estimate of drug-likeness (QED) is 0.752. The Balaban J connectivity index is 0.00000242. The summed E-state index contributed by atoms with van der Waals surface area (Å²) in [6.45, 7) is 1.70. The average Bonchev–Trinajstić information content (AvgIpc) is 2.51. The fourth-order valence-electron chi connectivity index (χ4n) is 2.15. The number of halogens is 2. The molecule has 0 spiro atoms. The lowest BCUT2D eigenvalue weighted by molar-refractivity contribution is -0.00000477. The van der Waals surface area contributed by atoms with Crippen LogP contribution in [0.3, 0.4) is 0 Å². The molecule has 2 aromatic carbocycles. The van der Waals surface area contributed by atoms with E-state index >= 15 is 0 Å². The minimum Gasteiger partial charge on any atom is -1.00 e. The van der Waals surface area contributed by atoms with Crippen molar-refractivity contribution >= 4 is 11.6 Å². The molecule has 0 saturated heterocycles. The van der Waals surface area contributed by atoms with Crippen LogP contribution in [0.2, 0.25) is 5.02 Å². The van der Waals surface area contributed by atoms with Crippen LogP contribution in [0.4, 0.5) is 0 Å². The Bertz CT molecular complexity index is 591. The van der Waals surface area contributed by atoms with E-state index in [1.54, 1.807) is 14.2 Å². The summed E-state index contributed by atoms with van der Waals surface area (Å²) in [6, 6.07) is 13.9. The van der Waals surface area contributed by atoms with Gasteiger partial charge in [0.1, 0.15) is 0 Å². The monoisotopic (exact) mass is 340 g/mol. The predicted octanol–water partition coefficient (Wildman–Crippen LogP) is 0.693. The zero-order valence-corrected chi connectivity index (χ0v) is 14.2. The van der Waals surface area contributed by atoms with Crippen LogP contribution in [0, 0.1) is 0 Å². The highest BCUT2D eigenvalue weighted by molar-refractivity contribution is 6.30. The van der Waals surface area contributed by atoms with E-state index < -0.39 is 0 Å². The first-order valence-electron chi connectivity index (χ1n) is 6.89. The van der Waals surface area contributed by atoms with Crippen LogP contribution in [-0.4, -0.2) is 20.8 Å². The number of methoxy groups -OCH3 is 2. The normalized spacial score (nSPS) is 9.95. The lowest BCUT2D eigenvalue weighted by atomic mass is 10.1. The maximum atomic E-state index is 5.96. The van der Waals surface area contributed by atoms with Gasteiger partial charge in [0, 0.05) is 11.6 Å². The third-order valence-corrected chi connectivity index (χ3v) is 3.49. The van der Waals surface area contributed by atoms with Crippen molar-refractivity contribution in [3.63, 3.8) is 0 Å². The number of nitrogens with one attached hydrogen (secondary N) is 1. The minimum atomic E-state index is 0. The molecule has 0 aliphatic rings. The van der Waals surface area contributed by atoms with Gasteiger partial charge in [-0.2, -0.15) is 0 Å². The van der Waals surface area contributed by atoms with Gasteiger partial charge in [0.25, 0.3) is 0 Å². The fourth-order valence-corrected chi connectivity index (χ4v) is 2.36. The SMILES string of the molecule is COc1ccc(CCNCc2cccc(Cl)c2)cc1OC.[Cl-]. The Morgan fingerprint density at radius 3 is 2.41 bits per heavy atom. The molecule has 0 amide bonds. The van der Waals surface area contributed by atoms with Crippen molar-refractivity contribution in [3.05, 3.63) is 58.6 Å². The number of hydrogen-bond acceptors (Lipinski definition) is 3.